The monoisotopic (exact) mass is 228 g/mol. The molecular formula is C14H16N2O. The van der Waals surface area contributed by atoms with Crippen LogP contribution in [0.2, 0.25) is 0 Å². The highest BCUT2D eigenvalue weighted by Gasteiger charge is 2.19. The predicted octanol–water partition coefficient (Wildman–Crippen LogP) is 1.97. The molecule has 1 aromatic rings. The third kappa shape index (κ3) is 2.92. The van der Waals surface area contributed by atoms with Crippen LogP contribution in [-0.4, -0.2) is 24.3 Å². The zero-order valence-corrected chi connectivity index (χ0v) is 9.80. The van der Waals surface area contributed by atoms with Crippen LogP contribution in [0.3, 0.4) is 0 Å². The Bertz CT molecular complexity index is 436. The normalized spacial score (nSPS) is 20.8. The molecule has 0 amide bonds. The third-order valence-corrected chi connectivity index (χ3v) is 3.27. The van der Waals surface area contributed by atoms with Gasteiger partial charge in [-0.1, -0.05) is 18.2 Å². The minimum Gasteiger partial charge on any atom is -0.303 e. The van der Waals surface area contributed by atoms with Crippen molar-refractivity contribution in [2.24, 2.45) is 5.92 Å². The van der Waals surface area contributed by atoms with Crippen molar-refractivity contribution in [3.8, 4) is 6.07 Å². The number of nitriles is 1. The quantitative estimate of drug-likeness (QED) is 0.743. The molecule has 0 N–H and O–H groups in total. The molecule has 1 atom stereocenters. The first-order chi connectivity index (χ1) is 8.33. The predicted molar refractivity (Wildman–Crippen MR) is 65.2 cm³/mol. The summed E-state index contributed by atoms with van der Waals surface area (Å²) in [6, 6.07) is 9.88. The summed E-state index contributed by atoms with van der Waals surface area (Å²) in [4.78, 5) is 13.1. The van der Waals surface area contributed by atoms with Gasteiger partial charge in [-0.2, -0.15) is 5.26 Å². The smallest absolute Gasteiger partial charge is 0.124 e. The molecule has 1 fully saturated rings. The molecule has 1 aromatic carbocycles. The van der Waals surface area contributed by atoms with Crippen LogP contribution in [0.1, 0.15) is 24.0 Å². The third-order valence-electron chi connectivity index (χ3n) is 3.27. The molecule has 0 saturated carbocycles. The largest absolute Gasteiger partial charge is 0.303 e. The fourth-order valence-corrected chi connectivity index (χ4v) is 2.35. The number of carbonyl (C=O) groups excluding carboxylic acids is 1. The van der Waals surface area contributed by atoms with Crippen LogP contribution in [0.5, 0.6) is 0 Å². The molecule has 0 spiro atoms. The van der Waals surface area contributed by atoms with E-state index in [1.165, 1.54) is 0 Å². The van der Waals surface area contributed by atoms with Crippen LogP contribution in [-0.2, 0) is 11.3 Å². The lowest BCUT2D eigenvalue weighted by atomic mass is 9.98. The zero-order valence-electron chi connectivity index (χ0n) is 9.80. The average molecular weight is 228 g/mol. The number of piperidine rings is 1. The van der Waals surface area contributed by atoms with E-state index in [1.807, 2.05) is 24.3 Å². The van der Waals surface area contributed by atoms with Crippen molar-refractivity contribution in [1.82, 2.24) is 4.90 Å². The highest BCUT2D eigenvalue weighted by Crippen LogP contribution is 2.18. The maximum Gasteiger partial charge on any atom is 0.124 e. The Hall–Kier alpha value is -1.66. The second kappa shape index (κ2) is 5.60. The summed E-state index contributed by atoms with van der Waals surface area (Å²) in [5.41, 5.74) is 1.79. The number of hydrogen-bond acceptors (Lipinski definition) is 3. The summed E-state index contributed by atoms with van der Waals surface area (Å²) in [5.74, 6) is 0.165. The van der Waals surface area contributed by atoms with Gasteiger partial charge < -0.3 is 4.79 Å². The van der Waals surface area contributed by atoms with E-state index in [0.717, 1.165) is 49.9 Å². The summed E-state index contributed by atoms with van der Waals surface area (Å²) < 4.78 is 0. The molecule has 1 aliphatic heterocycles. The van der Waals surface area contributed by atoms with Crippen LogP contribution in [0, 0.1) is 17.2 Å². The van der Waals surface area contributed by atoms with Gasteiger partial charge in [0.1, 0.15) is 6.29 Å². The number of carbonyl (C=O) groups is 1. The van der Waals surface area contributed by atoms with Gasteiger partial charge in [-0.05, 0) is 31.0 Å². The minimum atomic E-state index is 0.165. The lowest BCUT2D eigenvalue weighted by Gasteiger charge is -2.30. The standard InChI is InChI=1S/C14H16N2O/c15-8-13-5-1-2-6-14(13)10-16-7-3-4-12(9-16)11-17/h1-2,5-6,11-12H,3-4,7,9-10H2. The fourth-order valence-electron chi connectivity index (χ4n) is 2.35. The van der Waals surface area contributed by atoms with Crippen LogP contribution in [0.25, 0.3) is 0 Å². The van der Waals surface area contributed by atoms with Gasteiger partial charge in [0, 0.05) is 19.0 Å². The van der Waals surface area contributed by atoms with Crippen LogP contribution in [0.4, 0.5) is 0 Å². The summed E-state index contributed by atoms with van der Waals surface area (Å²) in [6.45, 7) is 2.61. The Kier molecular flexibility index (Phi) is 3.89. The van der Waals surface area contributed by atoms with Crippen molar-refractivity contribution in [3.05, 3.63) is 35.4 Å². The SMILES string of the molecule is N#Cc1ccccc1CN1CCCC(C=O)C1. The lowest BCUT2D eigenvalue weighted by Crippen LogP contribution is -2.35. The zero-order chi connectivity index (χ0) is 12.1. The summed E-state index contributed by atoms with van der Waals surface area (Å²) in [7, 11) is 0. The molecule has 3 heteroatoms. The van der Waals surface area contributed by atoms with Gasteiger partial charge in [-0.15, -0.1) is 0 Å². The lowest BCUT2D eigenvalue weighted by molar-refractivity contribution is -0.112. The van der Waals surface area contributed by atoms with Gasteiger partial charge >= 0.3 is 0 Å². The number of nitrogens with zero attached hydrogens (tertiary/aromatic N) is 2. The van der Waals surface area contributed by atoms with Gasteiger partial charge in [0.05, 0.1) is 11.6 Å². The van der Waals surface area contributed by atoms with Crippen LogP contribution < -0.4 is 0 Å². The first-order valence-corrected chi connectivity index (χ1v) is 5.99. The van der Waals surface area contributed by atoms with E-state index in [1.54, 1.807) is 0 Å². The molecule has 1 heterocycles. The van der Waals surface area contributed by atoms with E-state index < -0.39 is 0 Å². The first kappa shape index (κ1) is 11.8. The molecule has 1 unspecified atom stereocenters. The van der Waals surface area contributed by atoms with Gasteiger partial charge in [0.15, 0.2) is 0 Å². The number of aldehydes is 1. The molecule has 17 heavy (non-hydrogen) atoms. The maximum atomic E-state index is 10.8. The second-order valence-electron chi connectivity index (χ2n) is 4.54. The molecule has 0 aromatic heterocycles. The Balaban J connectivity index is 2.05. The summed E-state index contributed by atoms with van der Waals surface area (Å²) in [6.07, 6.45) is 3.13. The Labute approximate surface area is 102 Å². The molecule has 1 aliphatic rings. The maximum absolute atomic E-state index is 10.8. The van der Waals surface area contributed by atoms with Crippen molar-refractivity contribution in [3.63, 3.8) is 0 Å². The summed E-state index contributed by atoms with van der Waals surface area (Å²) >= 11 is 0. The Morgan fingerprint density at radius 1 is 1.47 bits per heavy atom. The topological polar surface area (TPSA) is 44.1 Å². The second-order valence-corrected chi connectivity index (χ2v) is 4.54. The van der Waals surface area contributed by atoms with E-state index in [0.29, 0.717) is 0 Å². The molecule has 0 radical (unpaired) electrons. The van der Waals surface area contributed by atoms with E-state index in [-0.39, 0.29) is 5.92 Å². The van der Waals surface area contributed by atoms with Crippen molar-refractivity contribution in [2.75, 3.05) is 13.1 Å². The van der Waals surface area contributed by atoms with Crippen LogP contribution >= 0.6 is 0 Å². The first-order valence-electron chi connectivity index (χ1n) is 5.99. The van der Waals surface area contributed by atoms with Crippen molar-refractivity contribution in [1.29, 1.82) is 5.26 Å². The Morgan fingerprint density at radius 3 is 3.06 bits per heavy atom. The van der Waals surface area contributed by atoms with Crippen molar-refractivity contribution >= 4 is 6.29 Å². The highest BCUT2D eigenvalue weighted by atomic mass is 16.1. The molecule has 2 rings (SSSR count). The molecule has 3 nitrogen and oxygen atoms in total. The highest BCUT2D eigenvalue weighted by molar-refractivity contribution is 5.54. The number of benzene rings is 1. The van der Waals surface area contributed by atoms with Gasteiger partial charge in [0.25, 0.3) is 0 Å². The van der Waals surface area contributed by atoms with Gasteiger partial charge in [0.2, 0.25) is 0 Å². The Morgan fingerprint density at radius 2 is 2.29 bits per heavy atom. The van der Waals surface area contributed by atoms with Gasteiger partial charge in [-0.3, -0.25) is 4.90 Å². The average Bonchev–Trinajstić information content (AvgIpc) is 2.39. The number of rotatable bonds is 3. The van der Waals surface area contributed by atoms with Crippen LogP contribution in [0.15, 0.2) is 24.3 Å². The molecule has 88 valence electrons. The van der Waals surface area contributed by atoms with E-state index in [4.69, 9.17) is 5.26 Å². The number of hydrogen-bond donors (Lipinski definition) is 0. The van der Waals surface area contributed by atoms with E-state index in [2.05, 4.69) is 11.0 Å². The molecular weight excluding hydrogens is 212 g/mol. The fraction of sp³-hybridized carbons (Fsp3) is 0.429. The van der Waals surface area contributed by atoms with E-state index >= 15 is 0 Å². The molecule has 0 aliphatic carbocycles. The minimum absolute atomic E-state index is 0.165. The molecule has 0 bridgehead atoms. The molecule has 1 saturated heterocycles. The van der Waals surface area contributed by atoms with Crippen molar-refractivity contribution in [2.45, 2.75) is 19.4 Å². The number of likely N-dealkylation sites (tertiary alicyclic amines) is 1. The van der Waals surface area contributed by atoms with Gasteiger partial charge in [-0.25, -0.2) is 0 Å². The van der Waals surface area contributed by atoms with Crippen molar-refractivity contribution < 1.29 is 4.79 Å². The summed E-state index contributed by atoms with van der Waals surface area (Å²) in [5, 5.41) is 9.02. The van der Waals surface area contributed by atoms with E-state index in [9.17, 15) is 4.79 Å².